The molecule has 104 valence electrons. The van der Waals surface area contributed by atoms with Crippen LogP contribution in [0.3, 0.4) is 0 Å². The summed E-state index contributed by atoms with van der Waals surface area (Å²) >= 11 is 0. The van der Waals surface area contributed by atoms with Crippen molar-refractivity contribution in [3.63, 3.8) is 0 Å². The van der Waals surface area contributed by atoms with Crippen LogP contribution < -0.4 is 10.6 Å². The molecule has 0 bridgehead atoms. The lowest BCUT2D eigenvalue weighted by Crippen LogP contribution is -2.26. The third-order valence-electron chi connectivity index (χ3n) is 3.13. The van der Waals surface area contributed by atoms with Crippen LogP contribution in [0.5, 0.6) is 5.75 Å². The number of nitrogens with one attached hydrogen (secondary N) is 2. The summed E-state index contributed by atoms with van der Waals surface area (Å²) in [5, 5.41) is 15.2. The number of allylic oxidation sites excluding steroid dienone is 1. The Hall–Kier alpha value is -3.08. The predicted octanol–water partition coefficient (Wildman–Crippen LogP) is 2.52. The molecule has 2 aromatic rings. The summed E-state index contributed by atoms with van der Waals surface area (Å²) in [5.41, 5.74) is 1.44. The smallest absolute Gasteiger partial charge is 0.272 e. The first-order valence-electron chi connectivity index (χ1n) is 6.36. The number of para-hydroxylation sites is 1. The van der Waals surface area contributed by atoms with Gasteiger partial charge >= 0.3 is 0 Å². The number of hydrogen-bond acceptors (Lipinski definition) is 4. The lowest BCUT2D eigenvalue weighted by atomic mass is 10.1. The Labute approximate surface area is 120 Å². The van der Waals surface area contributed by atoms with E-state index >= 15 is 0 Å². The number of amides is 1. The largest absolute Gasteiger partial charge is 0.506 e. The normalized spacial score (nSPS) is 15.0. The first kappa shape index (κ1) is 12.9. The second-order valence-electron chi connectivity index (χ2n) is 4.57. The number of aromatic hydroxyl groups is 1. The Kier molecular flexibility index (Phi) is 3.16. The summed E-state index contributed by atoms with van der Waals surface area (Å²) in [6.07, 6.45) is 1.22. The van der Waals surface area contributed by atoms with Crippen molar-refractivity contribution >= 4 is 23.1 Å². The number of carbonyl (C=O) groups excluding carboxylic acids is 2. The zero-order valence-electron chi connectivity index (χ0n) is 11.0. The fourth-order valence-corrected chi connectivity index (χ4v) is 2.08. The molecule has 0 fully saturated rings. The van der Waals surface area contributed by atoms with Gasteiger partial charge in [-0.15, -0.1) is 0 Å². The molecule has 1 amide bonds. The van der Waals surface area contributed by atoms with Crippen molar-refractivity contribution in [2.75, 3.05) is 10.6 Å². The summed E-state index contributed by atoms with van der Waals surface area (Å²) in [6.45, 7) is 0. The highest BCUT2D eigenvalue weighted by Crippen LogP contribution is 2.35. The number of anilines is 2. The standard InChI is InChI=1S/C16H12N2O3/c19-13-8-4-7-11-15(13)17-12(16(21)18-11)9-14(20)10-5-2-1-3-6-10/h1-9,17,19H,(H,18,21)/b12-9-. The minimum Gasteiger partial charge on any atom is -0.506 e. The number of fused-ring (bicyclic) bond motifs is 1. The van der Waals surface area contributed by atoms with E-state index in [0.29, 0.717) is 16.9 Å². The molecule has 0 saturated carbocycles. The first-order valence-corrected chi connectivity index (χ1v) is 6.36. The molecule has 0 radical (unpaired) electrons. The van der Waals surface area contributed by atoms with Crippen LogP contribution in [-0.4, -0.2) is 16.8 Å². The van der Waals surface area contributed by atoms with Gasteiger partial charge in [0.1, 0.15) is 17.1 Å². The molecule has 5 nitrogen and oxygen atoms in total. The van der Waals surface area contributed by atoms with Gasteiger partial charge in [0.15, 0.2) is 5.78 Å². The van der Waals surface area contributed by atoms with Crippen LogP contribution in [0.15, 0.2) is 60.3 Å². The van der Waals surface area contributed by atoms with Crippen LogP contribution in [-0.2, 0) is 4.79 Å². The van der Waals surface area contributed by atoms with Crippen LogP contribution >= 0.6 is 0 Å². The van der Waals surface area contributed by atoms with Gasteiger partial charge in [-0.3, -0.25) is 9.59 Å². The van der Waals surface area contributed by atoms with Crippen LogP contribution in [0, 0.1) is 0 Å². The van der Waals surface area contributed by atoms with E-state index in [4.69, 9.17) is 0 Å². The first-order chi connectivity index (χ1) is 10.1. The number of ketones is 1. The number of benzene rings is 2. The van der Waals surface area contributed by atoms with Crippen molar-refractivity contribution in [1.82, 2.24) is 0 Å². The Morgan fingerprint density at radius 2 is 1.76 bits per heavy atom. The Morgan fingerprint density at radius 1 is 1.00 bits per heavy atom. The van der Waals surface area contributed by atoms with E-state index in [-0.39, 0.29) is 17.2 Å². The van der Waals surface area contributed by atoms with E-state index in [1.807, 2.05) is 6.07 Å². The highest BCUT2D eigenvalue weighted by molar-refractivity contribution is 6.17. The van der Waals surface area contributed by atoms with Gasteiger partial charge in [-0.1, -0.05) is 36.4 Å². The van der Waals surface area contributed by atoms with Crippen LogP contribution in [0.25, 0.3) is 0 Å². The zero-order valence-corrected chi connectivity index (χ0v) is 11.0. The average molecular weight is 280 g/mol. The second-order valence-corrected chi connectivity index (χ2v) is 4.57. The van der Waals surface area contributed by atoms with E-state index in [0.717, 1.165) is 0 Å². The summed E-state index contributed by atoms with van der Waals surface area (Å²) < 4.78 is 0. The Balaban J connectivity index is 1.93. The van der Waals surface area contributed by atoms with E-state index < -0.39 is 5.91 Å². The monoisotopic (exact) mass is 280 g/mol. The predicted molar refractivity (Wildman–Crippen MR) is 79.2 cm³/mol. The summed E-state index contributed by atoms with van der Waals surface area (Å²) in [4.78, 5) is 24.1. The molecule has 0 saturated heterocycles. The quantitative estimate of drug-likeness (QED) is 0.449. The molecule has 1 heterocycles. The molecule has 0 unspecified atom stereocenters. The Bertz CT molecular complexity index is 751. The minimum atomic E-state index is -0.419. The van der Waals surface area contributed by atoms with Crippen molar-refractivity contribution < 1.29 is 14.7 Å². The minimum absolute atomic E-state index is 0.00515. The fourth-order valence-electron chi connectivity index (χ4n) is 2.08. The lowest BCUT2D eigenvalue weighted by Gasteiger charge is -2.21. The molecule has 0 atom stereocenters. The SMILES string of the molecule is O=C1Nc2cccc(O)c2N/C1=C\C(=O)c1ccccc1. The van der Waals surface area contributed by atoms with E-state index in [9.17, 15) is 14.7 Å². The van der Waals surface area contributed by atoms with Gasteiger partial charge in [0, 0.05) is 11.6 Å². The van der Waals surface area contributed by atoms with E-state index in [1.165, 1.54) is 12.1 Å². The average Bonchev–Trinajstić information content (AvgIpc) is 2.50. The summed E-state index contributed by atoms with van der Waals surface area (Å²) in [7, 11) is 0. The van der Waals surface area contributed by atoms with Crippen molar-refractivity contribution in [3.8, 4) is 5.75 Å². The number of phenols is 1. The van der Waals surface area contributed by atoms with E-state index in [1.54, 1.807) is 36.4 Å². The van der Waals surface area contributed by atoms with Crippen LogP contribution in [0.1, 0.15) is 10.4 Å². The molecule has 3 rings (SSSR count). The van der Waals surface area contributed by atoms with Crippen molar-refractivity contribution in [3.05, 3.63) is 65.9 Å². The maximum atomic E-state index is 12.1. The molecule has 1 aliphatic rings. The third kappa shape index (κ3) is 2.49. The maximum Gasteiger partial charge on any atom is 0.272 e. The number of carbonyl (C=O) groups is 2. The van der Waals surface area contributed by atoms with Crippen molar-refractivity contribution in [2.45, 2.75) is 0 Å². The molecule has 0 spiro atoms. The van der Waals surface area contributed by atoms with Gasteiger partial charge in [0.2, 0.25) is 0 Å². The van der Waals surface area contributed by atoms with Gasteiger partial charge in [-0.25, -0.2) is 0 Å². The molecule has 1 aliphatic heterocycles. The highest BCUT2D eigenvalue weighted by atomic mass is 16.3. The van der Waals surface area contributed by atoms with Gasteiger partial charge in [-0.05, 0) is 12.1 Å². The maximum absolute atomic E-state index is 12.1. The molecule has 21 heavy (non-hydrogen) atoms. The lowest BCUT2D eigenvalue weighted by molar-refractivity contribution is -0.112. The molecule has 5 heteroatoms. The highest BCUT2D eigenvalue weighted by Gasteiger charge is 2.22. The number of rotatable bonds is 2. The molecular formula is C16H12N2O3. The molecule has 0 aliphatic carbocycles. The fraction of sp³-hybridized carbons (Fsp3) is 0. The number of hydrogen-bond donors (Lipinski definition) is 3. The van der Waals surface area contributed by atoms with Crippen molar-refractivity contribution in [2.24, 2.45) is 0 Å². The van der Waals surface area contributed by atoms with Crippen molar-refractivity contribution in [1.29, 1.82) is 0 Å². The van der Waals surface area contributed by atoms with Gasteiger partial charge in [0.25, 0.3) is 5.91 Å². The second kappa shape index (κ2) is 5.13. The topological polar surface area (TPSA) is 78.4 Å². The van der Waals surface area contributed by atoms with Crippen LogP contribution in [0.4, 0.5) is 11.4 Å². The number of phenolic OH excluding ortho intramolecular Hbond substituents is 1. The molecular weight excluding hydrogens is 268 g/mol. The molecule has 3 N–H and O–H groups in total. The van der Waals surface area contributed by atoms with Gasteiger partial charge in [-0.2, -0.15) is 0 Å². The van der Waals surface area contributed by atoms with E-state index in [2.05, 4.69) is 10.6 Å². The zero-order chi connectivity index (χ0) is 14.8. The van der Waals surface area contributed by atoms with Crippen LogP contribution in [0.2, 0.25) is 0 Å². The third-order valence-corrected chi connectivity index (χ3v) is 3.13. The molecule has 2 aromatic carbocycles. The van der Waals surface area contributed by atoms with Gasteiger partial charge < -0.3 is 15.7 Å². The van der Waals surface area contributed by atoms with Gasteiger partial charge in [0.05, 0.1) is 5.69 Å². The Morgan fingerprint density at radius 3 is 2.52 bits per heavy atom. The summed E-state index contributed by atoms with van der Waals surface area (Å²) in [5.74, 6) is -0.699. The summed E-state index contributed by atoms with van der Waals surface area (Å²) in [6, 6.07) is 13.4. The molecule has 0 aromatic heterocycles.